The normalized spacial score (nSPS) is 37.5. The van der Waals surface area contributed by atoms with Gasteiger partial charge in [-0.2, -0.15) is 0 Å². The van der Waals surface area contributed by atoms with Crippen molar-refractivity contribution in [2.45, 2.75) is 32.1 Å². The SMILES string of the molecule is CN(C=O)CC1CC2CCC1CC2. The van der Waals surface area contributed by atoms with Gasteiger partial charge in [0.1, 0.15) is 0 Å². The fraction of sp³-hybridized carbons (Fsp3) is 0.909. The van der Waals surface area contributed by atoms with Crippen molar-refractivity contribution in [2.75, 3.05) is 13.6 Å². The fourth-order valence-corrected chi connectivity index (χ4v) is 3.15. The molecule has 3 aliphatic rings. The van der Waals surface area contributed by atoms with E-state index in [0.29, 0.717) is 0 Å². The van der Waals surface area contributed by atoms with Crippen molar-refractivity contribution in [1.29, 1.82) is 0 Å². The van der Waals surface area contributed by atoms with Crippen LogP contribution in [-0.2, 0) is 4.79 Å². The van der Waals surface area contributed by atoms with Gasteiger partial charge >= 0.3 is 0 Å². The van der Waals surface area contributed by atoms with E-state index in [2.05, 4.69) is 0 Å². The summed E-state index contributed by atoms with van der Waals surface area (Å²) >= 11 is 0. The maximum atomic E-state index is 10.5. The molecule has 0 aliphatic heterocycles. The van der Waals surface area contributed by atoms with E-state index < -0.39 is 0 Å². The molecule has 1 unspecified atom stereocenters. The predicted octanol–water partition coefficient (Wildman–Crippen LogP) is 1.90. The van der Waals surface area contributed by atoms with E-state index in [1.54, 1.807) is 0 Å². The van der Waals surface area contributed by atoms with Gasteiger partial charge in [0, 0.05) is 13.6 Å². The van der Waals surface area contributed by atoms with Crippen LogP contribution < -0.4 is 0 Å². The summed E-state index contributed by atoms with van der Waals surface area (Å²) < 4.78 is 0. The van der Waals surface area contributed by atoms with Crippen LogP contribution in [0, 0.1) is 17.8 Å². The van der Waals surface area contributed by atoms with Gasteiger partial charge in [0.2, 0.25) is 6.41 Å². The molecule has 2 bridgehead atoms. The van der Waals surface area contributed by atoms with E-state index >= 15 is 0 Å². The van der Waals surface area contributed by atoms with Crippen LogP contribution in [0.25, 0.3) is 0 Å². The third kappa shape index (κ3) is 1.87. The summed E-state index contributed by atoms with van der Waals surface area (Å²) in [7, 11) is 1.90. The molecule has 0 aromatic heterocycles. The molecule has 3 aliphatic carbocycles. The van der Waals surface area contributed by atoms with E-state index in [-0.39, 0.29) is 0 Å². The van der Waals surface area contributed by atoms with Gasteiger partial charge in [-0.15, -0.1) is 0 Å². The minimum atomic E-state index is 0.808. The van der Waals surface area contributed by atoms with Crippen molar-refractivity contribution < 1.29 is 4.79 Å². The number of fused-ring (bicyclic) bond motifs is 3. The standard InChI is InChI=1S/C11H19NO/c1-12(8-13)7-11-6-9-2-4-10(11)5-3-9/h8-11H,2-7H2,1H3. The predicted molar refractivity (Wildman–Crippen MR) is 52.2 cm³/mol. The van der Waals surface area contributed by atoms with Crippen LogP contribution in [0.2, 0.25) is 0 Å². The zero-order chi connectivity index (χ0) is 9.26. The van der Waals surface area contributed by atoms with Gasteiger partial charge in [-0.1, -0.05) is 12.8 Å². The van der Waals surface area contributed by atoms with Crippen molar-refractivity contribution in [1.82, 2.24) is 4.90 Å². The number of carbonyl (C=O) groups is 1. The minimum absolute atomic E-state index is 0.808. The number of hydrogen-bond donors (Lipinski definition) is 0. The second-order valence-corrected chi connectivity index (χ2v) is 4.82. The number of hydrogen-bond acceptors (Lipinski definition) is 1. The fourth-order valence-electron chi connectivity index (χ4n) is 3.15. The van der Waals surface area contributed by atoms with Crippen molar-refractivity contribution in [3.05, 3.63) is 0 Å². The van der Waals surface area contributed by atoms with Gasteiger partial charge in [-0.3, -0.25) is 4.79 Å². The molecular formula is C11H19NO. The largest absolute Gasteiger partial charge is 0.348 e. The highest BCUT2D eigenvalue weighted by Gasteiger charge is 2.35. The van der Waals surface area contributed by atoms with Gasteiger partial charge in [0.15, 0.2) is 0 Å². The Kier molecular flexibility index (Phi) is 2.56. The molecule has 3 saturated carbocycles. The number of carbonyl (C=O) groups excluding carboxylic acids is 1. The molecule has 0 saturated heterocycles. The van der Waals surface area contributed by atoms with E-state index in [1.165, 1.54) is 32.1 Å². The highest BCUT2D eigenvalue weighted by atomic mass is 16.1. The Morgan fingerprint density at radius 1 is 1.31 bits per heavy atom. The molecule has 2 nitrogen and oxygen atoms in total. The summed E-state index contributed by atoms with van der Waals surface area (Å²) in [5, 5.41) is 0. The molecule has 0 aromatic rings. The highest BCUT2D eigenvalue weighted by molar-refractivity contribution is 5.46. The first-order valence-corrected chi connectivity index (χ1v) is 5.45. The average molecular weight is 181 g/mol. The van der Waals surface area contributed by atoms with Gasteiger partial charge in [-0.25, -0.2) is 0 Å². The van der Waals surface area contributed by atoms with Crippen molar-refractivity contribution in [3.8, 4) is 0 Å². The number of amides is 1. The zero-order valence-corrected chi connectivity index (χ0v) is 8.41. The molecule has 13 heavy (non-hydrogen) atoms. The van der Waals surface area contributed by atoms with Crippen molar-refractivity contribution in [3.63, 3.8) is 0 Å². The minimum Gasteiger partial charge on any atom is -0.348 e. The lowest BCUT2D eigenvalue weighted by molar-refractivity contribution is -0.118. The Balaban J connectivity index is 1.89. The van der Waals surface area contributed by atoms with E-state index in [1.807, 2.05) is 11.9 Å². The van der Waals surface area contributed by atoms with Crippen LogP contribution in [0.5, 0.6) is 0 Å². The molecule has 1 atom stereocenters. The quantitative estimate of drug-likeness (QED) is 0.609. The Morgan fingerprint density at radius 3 is 2.46 bits per heavy atom. The first-order chi connectivity index (χ1) is 6.29. The summed E-state index contributed by atoms with van der Waals surface area (Å²) in [6.07, 6.45) is 8.08. The maximum absolute atomic E-state index is 10.5. The summed E-state index contributed by atoms with van der Waals surface area (Å²) in [5.41, 5.74) is 0. The van der Waals surface area contributed by atoms with E-state index in [9.17, 15) is 4.79 Å². The lowest BCUT2D eigenvalue weighted by atomic mass is 9.64. The first kappa shape index (κ1) is 9.04. The molecule has 74 valence electrons. The Hall–Kier alpha value is -0.530. The Labute approximate surface area is 80.3 Å². The van der Waals surface area contributed by atoms with Crippen LogP contribution in [0.3, 0.4) is 0 Å². The van der Waals surface area contributed by atoms with Gasteiger partial charge in [-0.05, 0) is 37.0 Å². The van der Waals surface area contributed by atoms with Crippen molar-refractivity contribution >= 4 is 6.41 Å². The third-order valence-electron chi connectivity index (χ3n) is 3.90. The molecule has 0 aromatic carbocycles. The second-order valence-electron chi connectivity index (χ2n) is 4.82. The summed E-state index contributed by atoms with van der Waals surface area (Å²) in [6, 6.07) is 0. The highest BCUT2D eigenvalue weighted by Crippen LogP contribution is 2.44. The average Bonchev–Trinajstić information content (AvgIpc) is 2.19. The van der Waals surface area contributed by atoms with Crippen molar-refractivity contribution in [2.24, 2.45) is 17.8 Å². The molecule has 0 radical (unpaired) electrons. The summed E-state index contributed by atoms with van der Waals surface area (Å²) in [5.74, 6) is 2.71. The molecule has 3 rings (SSSR count). The molecule has 1 amide bonds. The van der Waals surface area contributed by atoms with E-state index in [4.69, 9.17) is 0 Å². The van der Waals surface area contributed by atoms with Gasteiger partial charge in [0.25, 0.3) is 0 Å². The monoisotopic (exact) mass is 181 g/mol. The third-order valence-corrected chi connectivity index (χ3v) is 3.90. The molecular weight excluding hydrogens is 162 g/mol. The second kappa shape index (κ2) is 3.69. The smallest absolute Gasteiger partial charge is 0.209 e. The van der Waals surface area contributed by atoms with Gasteiger partial charge < -0.3 is 4.90 Å². The van der Waals surface area contributed by atoms with Crippen LogP contribution in [0.4, 0.5) is 0 Å². The maximum Gasteiger partial charge on any atom is 0.209 e. The summed E-state index contributed by atoms with van der Waals surface area (Å²) in [6.45, 7) is 0.991. The molecule has 3 fully saturated rings. The Bertz CT molecular complexity index is 185. The number of rotatable bonds is 3. The van der Waals surface area contributed by atoms with Crippen LogP contribution in [0.1, 0.15) is 32.1 Å². The molecule has 0 heterocycles. The molecule has 0 N–H and O–H groups in total. The number of nitrogens with zero attached hydrogens (tertiary/aromatic N) is 1. The Morgan fingerprint density at radius 2 is 2.00 bits per heavy atom. The van der Waals surface area contributed by atoms with Crippen LogP contribution >= 0.6 is 0 Å². The zero-order valence-electron chi connectivity index (χ0n) is 8.41. The van der Waals surface area contributed by atoms with Crippen LogP contribution in [0.15, 0.2) is 0 Å². The molecule has 2 heteroatoms. The van der Waals surface area contributed by atoms with Gasteiger partial charge in [0.05, 0.1) is 0 Å². The van der Waals surface area contributed by atoms with E-state index in [0.717, 1.165) is 30.7 Å². The van der Waals surface area contributed by atoms with Crippen LogP contribution in [-0.4, -0.2) is 24.9 Å². The lowest BCUT2D eigenvalue weighted by Gasteiger charge is -2.43. The lowest BCUT2D eigenvalue weighted by Crippen LogP contribution is -2.37. The summed E-state index contributed by atoms with van der Waals surface area (Å²) in [4.78, 5) is 12.3. The first-order valence-electron chi connectivity index (χ1n) is 5.45. The molecule has 0 spiro atoms. The topological polar surface area (TPSA) is 20.3 Å².